The van der Waals surface area contributed by atoms with Crippen molar-refractivity contribution in [2.24, 2.45) is 0 Å². The molecule has 0 atom stereocenters. The van der Waals surface area contributed by atoms with Crippen molar-refractivity contribution in [3.63, 3.8) is 0 Å². The molecule has 0 aliphatic carbocycles. The van der Waals surface area contributed by atoms with E-state index in [1.807, 2.05) is 71.3 Å². The Morgan fingerprint density at radius 2 is 1.28 bits per heavy atom. The van der Waals surface area contributed by atoms with E-state index in [4.69, 9.17) is 13.2 Å². The Morgan fingerprint density at radius 1 is 0.642 bits per heavy atom. The van der Waals surface area contributed by atoms with Gasteiger partial charge in [-0.1, -0.05) is 133 Å². The molecule has 53 heavy (non-hydrogen) atoms. The van der Waals surface area contributed by atoms with Gasteiger partial charge in [0, 0.05) is 23.7 Å². The van der Waals surface area contributed by atoms with Crippen LogP contribution in [0.5, 0.6) is 0 Å². The molecule has 0 fully saturated rings. The van der Waals surface area contributed by atoms with Gasteiger partial charge in [0.15, 0.2) is 0 Å². The molecule has 0 unspecified atom stereocenters. The first kappa shape index (κ1) is 27.5. The van der Waals surface area contributed by atoms with Gasteiger partial charge < -0.3 is 0 Å². The minimum absolute atomic E-state index is 0.0824. The zero-order valence-corrected chi connectivity index (χ0v) is 32.1. The van der Waals surface area contributed by atoms with Crippen molar-refractivity contribution < 1.29 is 8.22 Å². The summed E-state index contributed by atoms with van der Waals surface area (Å²) in [5, 5.41) is 0. The summed E-state index contributed by atoms with van der Waals surface area (Å²) in [4.78, 5) is 7.37. The van der Waals surface area contributed by atoms with Gasteiger partial charge in [-0.3, -0.25) is 8.97 Å². The second-order valence-electron chi connectivity index (χ2n) is 16.5. The van der Waals surface area contributed by atoms with Crippen LogP contribution in [0.1, 0.15) is 84.5 Å². The molecule has 0 amide bonds. The third-order valence-electron chi connectivity index (χ3n) is 11.9. The topological polar surface area (TPSA) is 22.2 Å². The highest BCUT2D eigenvalue weighted by Crippen LogP contribution is 2.57. The molecule has 1 aliphatic rings. The summed E-state index contributed by atoms with van der Waals surface area (Å²) in [7, 11) is 0. The lowest BCUT2D eigenvalue weighted by Gasteiger charge is -2.43. The summed E-state index contributed by atoms with van der Waals surface area (Å²) in [5.74, 6) is 0.675. The molecule has 0 N–H and O–H groups in total. The maximum Gasteiger partial charge on any atom is 0.220 e. The highest BCUT2D eigenvalue weighted by atomic mass is 32.2. The van der Waals surface area contributed by atoms with Crippen LogP contribution in [0.15, 0.2) is 131 Å². The van der Waals surface area contributed by atoms with Crippen molar-refractivity contribution in [2.75, 3.05) is 0 Å². The fourth-order valence-corrected chi connectivity index (χ4v) is 9.93. The van der Waals surface area contributed by atoms with E-state index in [2.05, 4.69) is 95.3 Å². The molecule has 0 saturated heterocycles. The van der Waals surface area contributed by atoms with Gasteiger partial charge in [-0.05, 0) is 129 Å². The molecule has 0 bridgehead atoms. The number of rotatable bonds is 3. The number of nitrogens with zero attached hydrogens (tertiary/aromatic N) is 3. The zero-order chi connectivity index (χ0) is 42.0. The summed E-state index contributed by atoms with van der Waals surface area (Å²) in [5.41, 5.74) is 9.91. The zero-order valence-electron chi connectivity index (χ0n) is 37.3. The third kappa shape index (κ3) is 4.98. The van der Waals surface area contributed by atoms with Crippen molar-refractivity contribution in [3.05, 3.63) is 149 Å². The lowest BCUT2D eigenvalue weighted by molar-refractivity contribution is 0.296. The minimum Gasteiger partial charge on any atom is -0.278 e. The number of imidazole rings is 2. The molecule has 264 valence electrons. The van der Waals surface area contributed by atoms with Gasteiger partial charge in [-0.15, -0.1) is 0 Å². The van der Waals surface area contributed by atoms with E-state index in [0.29, 0.717) is 22.6 Å². The Labute approximate surface area is 326 Å². The van der Waals surface area contributed by atoms with Crippen LogP contribution in [0.4, 0.5) is 0 Å². The van der Waals surface area contributed by atoms with Gasteiger partial charge in [-0.25, -0.2) is 4.98 Å². The average Bonchev–Trinajstić information content (AvgIpc) is 3.69. The normalized spacial score (nSPS) is 17.3. The van der Waals surface area contributed by atoms with Crippen molar-refractivity contribution in [1.82, 2.24) is 14.0 Å². The van der Waals surface area contributed by atoms with Crippen molar-refractivity contribution >= 4 is 39.6 Å². The molecule has 3 heterocycles. The molecule has 6 aromatic carbocycles. The number of hydrogen-bond acceptors (Lipinski definition) is 2. The number of para-hydroxylation sites is 4. The van der Waals surface area contributed by atoms with E-state index in [-0.39, 0.29) is 27.4 Å². The number of aryl methyl sites for hydroxylation is 2. The van der Waals surface area contributed by atoms with E-state index in [1.165, 1.54) is 16.0 Å². The smallest absolute Gasteiger partial charge is 0.220 e. The SMILES string of the molecule is [2H]C([2H])([2H])c1ccc(-c2c(C(C)(C)C)ccc3c2Sc2ccccc2C(C)(C)C3(C)C)cc1-c1cc(-n2c3ccccc3n3c4ccccc4nc23)ccc1C([2H])([2H])[2H]. The van der Waals surface area contributed by atoms with Crippen molar-refractivity contribution in [2.45, 2.75) is 88.2 Å². The largest absolute Gasteiger partial charge is 0.278 e. The van der Waals surface area contributed by atoms with Crippen LogP contribution in [0, 0.1) is 13.7 Å². The number of aromatic nitrogens is 3. The molecule has 2 aromatic heterocycles. The van der Waals surface area contributed by atoms with E-state index < -0.39 is 13.7 Å². The highest BCUT2D eigenvalue weighted by Gasteiger charge is 2.45. The molecule has 3 nitrogen and oxygen atoms in total. The summed E-state index contributed by atoms with van der Waals surface area (Å²) in [6.45, 7) is 10.8. The fraction of sp³-hybridized carbons (Fsp3) is 0.245. The van der Waals surface area contributed by atoms with Crippen LogP contribution in [0.3, 0.4) is 0 Å². The van der Waals surface area contributed by atoms with Gasteiger partial charge in [-0.2, -0.15) is 0 Å². The predicted octanol–water partition coefficient (Wildman–Crippen LogP) is 13.4. The maximum absolute atomic E-state index is 8.80. The monoisotopic (exact) mass is 715 g/mol. The molecular formula is C49H47N3S. The van der Waals surface area contributed by atoms with E-state index in [9.17, 15) is 0 Å². The molecule has 4 heteroatoms. The Bertz CT molecular complexity index is 2990. The van der Waals surface area contributed by atoms with Gasteiger partial charge in [0.25, 0.3) is 0 Å². The van der Waals surface area contributed by atoms with Crippen molar-refractivity contribution in [1.29, 1.82) is 0 Å². The third-order valence-corrected chi connectivity index (χ3v) is 13.1. The van der Waals surface area contributed by atoms with Crippen LogP contribution in [-0.4, -0.2) is 14.0 Å². The molecule has 0 radical (unpaired) electrons. The highest BCUT2D eigenvalue weighted by molar-refractivity contribution is 7.99. The van der Waals surface area contributed by atoms with Gasteiger partial charge in [0.2, 0.25) is 5.78 Å². The Morgan fingerprint density at radius 3 is 2.04 bits per heavy atom. The van der Waals surface area contributed by atoms with E-state index in [1.54, 1.807) is 23.9 Å². The van der Waals surface area contributed by atoms with Gasteiger partial charge >= 0.3 is 0 Å². The summed E-state index contributed by atoms with van der Waals surface area (Å²) < 4.78 is 56.9. The standard InChI is InChI=1S/C49H47N3S/c1-30-22-24-32(44-37(47(3,4)5)26-27-38-45(44)53-43-21-15-10-16-36(43)48(6,7)49(38,8)9)28-34(30)35-29-33(25-23-31(35)2)51-41-19-13-14-20-42(41)52-40-18-12-11-17-39(40)50-46(51)52/h10-29H,1-9H3/i1D3,2D3. The molecule has 0 saturated carbocycles. The second kappa shape index (κ2) is 11.7. The first-order valence-corrected chi connectivity index (χ1v) is 19.1. The predicted molar refractivity (Wildman–Crippen MR) is 225 cm³/mol. The Kier molecular flexibility index (Phi) is 6.09. The van der Waals surface area contributed by atoms with Crippen LogP contribution >= 0.6 is 11.8 Å². The lowest BCUT2D eigenvalue weighted by Crippen LogP contribution is -2.40. The number of hydrogen-bond donors (Lipinski definition) is 0. The second-order valence-corrected chi connectivity index (χ2v) is 17.6. The van der Waals surface area contributed by atoms with Crippen LogP contribution in [0.25, 0.3) is 55.8 Å². The Hall–Kier alpha value is -5.06. The molecule has 1 aliphatic heterocycles. The van der Waals surface area contributed by atoms with Gasteiger partial charge in [0.05, 0.1) is 22.1 Å². The minimum atomic E-state index is -2.54. The molecule has 9 rings (SSSR count). The maximum atomic E-state index is 8.80. The summed E-state index contributed by atoms with van der Waals surface area (Å²) in [6, 6.07) is 40.0. The van der Waals surface area contributed by atoms with Crippen LogP contribution in [-0.2, 0) is 16.2 Å². The van der Waals surface area contributed by atoms with Crippen molar-refractivity contribution in [3.8, 4) is 27.9 Å². The quantitative estimate of drug-likeness (QED) is 0.182. The number of fused-ring (bicyclic) bond motifs is 7. The first-order valence-electron chi connectivity index (χ1n) is 21.3. The van der Waals surface area contributed by atoms with E-state index in [0.717, 1.165) is 43.7 Å². The molecule has 8 aromatic rings. The summed E-state index contributed by atoms with van der Waals surface area (Å²) >= 11 is 1.77. The van der Waals surface area contributed by atoms with E-state index >= 15 is 0 Å². The first-order chi connectivity index (χ1) is 27.7. The molecule has 0 spiro atoms. The Balaban J connectivity index is 1.36. The van der Waals surface area contributed by atoms with Crippen LogP contribution < -0.4 is 0 Å². The fourth-order valence-electron chi connectivity index (χ4n) is 8.37. The average molecular weight is 716 g/mol. The summed E-state index contributed by atoms with van der Waals surface area (Å²) in [6.07, 6.45) is 0. The number of benzene rings is 6. The lowest BCUT2D eigenvalue weighted by atomic mass is 9.60. The van der Waals surface area contributed by atoms with Crippen LogP contribution in [0.2, 0.25) is 0 Å². The van der Waals surface area contributed by atoms with Gasteiger partial charge in [0.1, 0.15) is 0 Å². The molecular weight excluding hydrogens is 663 g/mol.